The van der Waals surface area contributed by atoms with E-state index in [9.17, 15) is 0 Å². The highest BCUT2D eigenvalue weighted by atomic mass is 15.2. The second-order valence-electron chi connectivity index (χ2n) is 4.05. The van der Waals surface area contributed by atoms with Crippen molar-refractivity contribution >= 4 is 0 Å². The average Bonchev–Trinajstić information content (AvgIpc) is 2.54. The van der Waals surface area contributed by atoms with Crippen molar-refractivity contribution in [3.63, 3.8) is 0 Å². The first-order chi connectivity index (χ1) is 6.24. The predicted octanol–water partition coefficient (Wildman–Crippen LogP) is 2.34. The summed E-state index contributed by atoms with van der Waals surface area (Å²) in [6.45, 7) is 4.56. The van der Waals surface area contributed by atoms with Gasteiger partial charge >= 0.3 is 0 Å². The highest BCUT2D eigenvalue weighted by molar-refractivity contribution is 5.28. The summed E-state index contributed by atoms with van der Waals surface area (Å²) < 4.78 is 0. The summed E-state index contributed by atoms with van der Waals surface area (Å²) in [5, 5.41) is 0. The van der Waals surface area contributed by atoms with Crippen LogP contribution < -0.4 is 0 Å². The van der Waals surface area contributed by atoms with Gasteiger partial charge in [0, 0.05) is 30.4 Å². The standard InChI is InChI=1S/C11H18N2/c1-4-11-9-5-6-12-10(9)7-8(2)13(11)3/h5-6,8,11-12H,4,7H2,1-3H3/t8-,11-/m1/s1. The molecule has 0 fully saturated rings. The third-order valence-corrected chi connectivity index (χ3v) is 3.30. The number of fused-ring (bicyclic) bond motifs is 1. The third kappa shape index (κ3) is 1.29. The Morgan fingerprint density at radius 1 is 1.62 bits per heavy atom. The number of nitrogens with zero attached hydrogens (tertiary/aromatic N) is 1. The molecule has 0 bridgehead atoms. The van der Waals surface area contributed by atoms with Gasteiger partial charge in [-0.1, -0.05) is 6.92 Å². The van der Waals surface area contributed by atoms with Crippen LogP contribution >= 0.6 is 0 Å². The number of H-pyrrole nitrogens is 1. The molecule has 2 heteroatoms. The van der Waals surface area contributed by atoms with Crippen molar-refractivity contribution in [2.24, 2.45) is 0 Å². The zero-order valence-corrected chi connectivity index (χ0v) is 8.67. The molecule has 1 N–H and O–H groups in total. The van der Waals surface area contributed by atoms with E-state index >= 15 is 0 Å². The number of aromatic nitrogens is 1. The fourth-order valence-electron chi connectivity index (χ4n) is 2.38. The predicted molar refractivity (Wildman–Crippen MR) is 54.8 cm³/mol. The first-order valence-corrected chi connectivity index (χ1v) is 5.12. The molecule has 1 aromatic heterocycles. The molecule has 0 spiro atoms. The Bertz CT molecular complexity index is 290. The van der Waals surface area contributed by atoms with E-state index in [2.05, 4.69) is 43.0 Å². The van der Waals surface area contributed by atoms with E-state index in [4.69, 9.17) is 0 Å². The lowest BCUT2D eigenvalue weighted by Crippen LogP contribution is -2.38. The number of hydrogen-bond acceptors (Lipinski definition) is 1. The maximum Gasteiger partial charge on any atom is 0.0363 e. The van der Waals surface area contributed by atoms with Crippen LogP contribution in [0.4, 0.5) is 0 Å². The van der Waals surface area contributed by atoms with Crippen LogP contribution in [-0.2, 0) is 6.42 Å². The Hall–Kier alpha value is -0.760. The van der Waals surface area contributed by atoms with Crippen LogP contribution in [0.2, 0.25) is 0 Å². The summed E-state index contributed by atoms with van der Waals surface area (Å²) in [5.41, 5.74) is 2.94. The smallest absolute Gasteiger partial charge is 0.0363 e. The fraction of sp³-hybridized carbons (Fsp3) is 0.636. The Labute approximate surface area is 79.9 Å². The second kappa shape index (κ2) is 3.18. The molecule has 2 heterocycles. The topological polar surface area (TPSA) is 19.0 Å². The van der Waals surface area contributed by atoms with Gasteiger partial charge in [-0.15, -0.1) is 0 Å². The Morgan fingerprint density at radius 3 is 3.08 bits per heavy atom. The van der Waals surface area contributed by atoms with Gasteiger partial charge < -0.3 is 4.98 Å². The van der Waals surface area contributed by atoms with Gasteiger partial charge in [0.25, 0.3) is 0 Å². The highest BCUT2D eigenvalue weighted by Crippen LogP contribution is 2.32. The average molecular weight is 178 g/mol. The van der Waals surface area contributed by atoms with Gasteiger partial charge in [-0.25, -0.2) is 0 Å². The number of aromatic amines is 1. The van der Waals surface area contributed by atoms with Crippen LogP contribution in [0.15, 0.2) is 12.3 Å². The van der Waals surface area contributed by atoms with Gasteiger partial charge in [0.2, 0.25) is 0 Å². The lowest BCUT2D eigenvalue weighted by molar-refractivity contribution is 0.161. The second-order valence-corrected chi connectivity index (χ2v) is 4.05. The maximum atomic E-state index is 3.35. The monoisotopic (exact) mass is 178 g/mol. The molecule has 0 aliphatic carbocycles. The maximum absolute atomic E-state index is 3.35. The van der Waals surface area contributed by atoms with Crippen molar-refractivity contribution in [2.45, 2.75) is 38.8 Å². The lowest BCUT2D eigenvalue weighted by Gasteiger charge is -2.37. The molecule has 0 saturated carbocycles. The van der Waals surface area contributed by atoms with Crippen LogP contribution in [0.1, 0.15) is 37.6 Å². The largest absolute Gasteiger partial charge is 0.365 e. The molecule has 0 aromatic carbocycles. The van der Waals surface area contributed by atoms with Crippen LogP contribution in [0.5, 0.6) is 0 Å². The zero-order valence-electron chi connectivity index (χ0n) is 8.67. The van der Waals surface area contributed by atoms with Crippen molar-refractivity contribution in [1.82, 2.24) is 9.88 Å². The molecule has 1 aromatic rings. The van der Waals surface area contributed by atoms with E-state index in [0.717, 1.165) is 6.42 Å². The van der Waals surface area contributed by atoms with Crippen molar-refractivity contribution in [2.75, 3.05) is 7.05 Å². The first-order valence-electron chi connectivity index (χ1n) is 5.12. The molecule has 2 rings (SSSR count). The molecule has 0 radical (unpaired) electrons. The Balaban J connectivity index is 2.37. The molecule has 0 amide bonds. The summed E-state index contributed by atoms with van der Waals surface area (Å²) in [5.74, 6) is 0. The molecule has 0 unspecified atom stereocenters. The van der Waals surface area contributed by atoms with E-state index in [1.165, 1.54) is 17.7 Å². The quantitative estimate of drug-likeness (QED) is 0.699. The summed E-state index contributed by atoms with van der Waals surface area (Å²) in [7, 11) is 2.23. The minimum Gasteiger partial charge on any atom is -0.365 e. The molecular formula is C11H18N2. The fourth-order valence-corrected chi connectivity index (χ4v) is 2.38. The van der Waals surface area contributed by atoms with Gasteiger partial charge in [0.15, 0.2) is 0 Å². The molecular weight excluding hydrogens is 160 g/mol. The van der Waals surface area contributed by atoms with Gasteiger partial charge in [0.1, 0.15) is 0 Å². The molecule has 2 nitrogen and oxygen atoms in total. The van der Waals surface area contributed by atoms with Crippen molar-refractivity contribution in [1.29, 1.82) is 0 Å². The van der Waals surface area contributed by atoms with E-state index in [1.807, 2.05) is 0 Å². The van der Waals surface area contributed by atoms with Gasteiger partial charge in [-0.2, -0.15) is 0 Å². The van der Waals surface area contributed by atoms with E-state index in [-0.39, 0.29) is 0 Å². The van der Waals surface area contributed by atoms with Crippen LogP contribution in [0.25, 0.3) is 0 Å². The molecule has 1 aliphatic rings. The van der Waals surface area contributed by atoms with Crippen LogP contribution in [0.3, 0.4) is 0 Å². The number of hydrogen-bond donors (Lipinski definition) is 1. The number of rotatable bonds is 1. The van der Waals surface area contributed by atoms with Crippen LogP contribution in [-0.4, -0.2) is 23.0 Å². The summed E-state index contributed by atoms with van der Waals surface area (Å²) >= 11 is 0. The molecule has 13 heavy (non-hydrogen) atoms. The summed E-state index contributed by atoms with van der Waals surface area (Å²) in [6, 6.07) is 3.51. The van der Waals surface area contributed by atoms with Crippen LogP contribution in [0, 0.1) is 0 Å². The van der Waals surface area contributed by atoms with Crippen molar-refractivity contribution < 1.29 is 0 Å². The van der Waals surface area contributed by atoms with E-state index < -0.39 is 0 Å². The molecule has 0 saturated heterocycles. The molecule has 72 valence electrons. The Morgan fingerprint density at radius 2 is 2.38 bits per heavy atom. The first kappa shape index (κ1) is 8.82. The lowest BCUT2D eigenvalue weighted by atomic mass is 9.93. The van der Waals surface area contributed by atoms with Gasteiger partial charge in [-0.3, -0.25) is 4.90 Å². The van der Waals surface area contributed by atoms with Crippen molar-refractivity contribution in [3.05, 3.63) is 23.5 Å². The summed E-state index contributed by atoms with van der Waals surface area (Å²) in [6.07, 6.45) is 4.43. The zero-order chi connectivity index (χ0) is 9.42. The van der Waals surface area contributed by atoms with E-state index in [1.54, 1.807) is 0 Å². The molecule has 2 atom stereocenters. The third-order valence-electron chi connectivity index (χ3n) is 3.30. The number of likely N-dealkylation sites (N-methyl/N-ethyl adjacent to an activating group) is 1. The Kier molecular flexibility index (Phi) is 2.16. The van der Waals surface area contributed by atoms with Gasteiger partial charge in [-0.05, 0) is 32.0 Å². The SMILES string of the molecule is CC[C@@H]1c2cc[nH]c2C[C@@H](C)N1C. The van der Waals surface area contributed by atoms with E-state index in [0.29, 0.717) is 12.1 Å². The minimum atomic E-state index is 0.616. The summed E-state index contributed by atoms with van der Waals surface area (Å²) in [4.78, 5) is 5.83. The molecule has 1 aliphatic heterocycles. The highest BCUT2D eigenvalue weighted by Gasteiger charge is 2.28. The normalized spacial score (nSPS) is 28.8. The van der Waals surface area contributed by atoms with Gasteiger partial charge in [0.05, 0.1) is 0 Å². The minimum absolute atomic E-state index is 0.616. The van der Waals surface area contributed by atoms with Crippen molar-refractivity contribution in [3.8, 4) is 0 Å². The number of nitrogens with one attached hydrogen (secondary N) is 1.